The third-order valence-corrected chi connectivity index (χ3v) is 7.88. The molecule has 0 aliphatic carbocycles. The van der Waals surface area contributed by atoms with Gasteiger partial charge in [-0.25, -0.2) is 9.59 Å². The smallest absolute Gasteiger partial charge is 0.407 e. The first-order valence-electron chi connectivity index (χ1n) is 14.2. The molecule has 2 aliphatic heterocycles. The van der Waals surface area contributed by atoms with Gasteiger partial charge in [0.15, 0.2) is 0 Å². The van der Waals surface area contributed by atoms with Crippen LogP contribution in [-0.2, 0) is 18.3 Å². The summed E-state index contributed by atoms with van der Waals surface area (Å²) in [7, 11) is 1.76. The SMILES string of the molecule is Cn1c(=O)n(CCC(C)(C)O)c2cc(NC3NC(N4CCCC(CNC(=O)OC(C)(C)C)C4)NCC3Cl)ccc21. The molecule has 12 heteroatoms. The standard InChI is InChI=1S/C28H46ClN7O4/c1-27(2,3)40-25(37)31-15-18-8-7-12-35(17-18)24-30-16-20(29)23(33-24)32-19-9-10-21-22(14-19)36(26(38)34(21)6)13-11-28(4,5)39/h9-10,14,18,20,23-24,30,32-33,39H,7-8,11-13,15-17H2,1-6H3,(H,31,37). The van der Waals surface area contributed by atoms with Crippen molar-refractivity contribution < 1.29 is 14.6 Å². The van der Waals surface area contributed by atoms with Crippen molar-refractivity contribution in [3.8, 4) is 0 Å². The van der Waals surface area contributed by atoms with Crippen LogP contribution in [0, 0.1) is 5.92 Å². The molecule has 2 aromatic rings. The molecule has 1 aromatic carbocycles. The number of likely N-dealkylation sites (tertiary alicyclic amines) is 1. The van der Waals surface area contributed by atoms with E-state index in [2.05, 4.69) is 26.2 Å². The number of carbonyl (C=O) groups is 1. The monoisotopic (exact) mass is 579 g/mol. The van der Waals surface area contributed by atoms with Gasteiger partial charge in [0.2, 0.25) is 0 Å². The molecule has 0 saturated carbocycles. The molecular formula is C28H46ClN7O4. The molecule has 4 unspecified atom stereocenters. The zero-order chi connectivity index (χ0) is 29.2. The van der Waals surface area contributed by atoms with Crippen LogP contribution >= 0.6 is 11.6 Å². The zero-order valence-electron chi connectivity index (χ0n) is 24.6. The van der Waals surface area contributed by atoms with Crippen molar-refractivity contribution in [1.29, 1.82) is 0 Å². The number of nitrogens with zero attached hydrogens (tertiary/aromatic N) is 3. The van der Waals surface area contributed by atoms with Crippen LogP contribution in [0.4, 0.5) is 10.5 Å². The number of fused-ring (bicyclic) bond motifs is 1. The van der Waals surface area contributed by atoms with Crippen LogP contribution in [0.1, 0.15) is 53.9 Å². The first kappa shape index (κ1) is 30.6. The van der Waals surface area contributed by atoms with E-state index in [0.29, 0.717) is 32.0 Å². The second kappa shape index (κ2) is 12.3. The van der Waals surface area contributed by atoms with Crippen molar-refractivity contribution >= 4 is 34.4 Å². The summed E-state index contributed by atoms with van der Waals surface area (Å²) >= 11 is 6.73. The molecule has 4 atom stereocenters. The number of halogens is 1. The number of nitrogens with one attached hydrogen (secondary N) is 4. The molecule has 0 bridgehead atoms. The maximum absolute atomic E-state index is 12.9. The lowest BCUT2D eigenvalue weighted by atomic mass is 9.98. The average molecular weight is 580 g/mol. The molecular weight excluding hydrogens is 534 g/mol. The minimum atomic E-state index is -0.864. The Labute approximate surface area is 241 Å². The molecule has 2 saturated heterocycles. The molecule has 2 aliphatic rings. The number of ether oxygens (including phenoxy) is 1. The molecule has 3 heterocycles. The largest absolute Gasteiger partial charge is 0.444 e. The second-order valence-electron chi connectivity index (χ2n) is 12.8. The number of alkyl carbamates (subject to hydrolysis) is 1. The normalized spacial score (nSPS) is 24.7. The molecule has 2 fully saturated rings. The van der Waals surface area contributed by atoms with Crippen LogP contribution in [0.2, 0.25) is 0 Å². The van der Waals surface area contributed by atoms with E-state index in [9.17, 15) is 14.7 Å². The number of alkyl halides is 1. The van der Waals surface area contributed by atoms with E-state index < -0.39 is 11.2 Å². The minimum absolute atomic E-state index is 0.0674. The van der Waals surface area contributed by atoms with Crippen LogP contribution in [0.3, 0.4) is 0 Å². The lowest BCUT2D eigenvalue weighted by molar-refractivity contribution is 0.0451. The Balaban J connectivity index is 1.40. The number of aryl methyl sites for hydroxylation is 2. The quantitative estimate of drug-likeness (QED) is 0.302. The van der Waals surface area contributed by atoms with Crippen molar-refractivity contribution in [2.45, 2.75) is 89.5 Å². The van der Waals surface area contributed by atoms with E-state index in [1.807, 2.05) is 39.0 Å². The highest BCUT2D eigenvalue weighted by molar-refractivity contribution is 6.21. The lowest BCUT2D eigenvalue weighted by Gasteiger charge is -2.44. The third kappa shape index (κ3) is 7.91. The van der Waals surface area contributed by atoms with Gasteiger partial charge < -0.3 is 20.5 Å². The van der Waals surface area contributed by atoms with Crippen molar-refractivity contribution in [2.24, 2.45) is 13.0 Å². The number of rotatable bonds is 8. The maximum Gasteiger partial charge on any atom is 0.407 e. The van der Waals surface area contributed by atoms with E-state index in [4.69, 9.17) is 16.3 Å². The van der Waals surface area contributed by atoms with E-state index >= 15 is 0 Å². The topological polar surface area (TPSA) is 125 Å². The van der Waals surface area contributed by atoms with Crippen LogP contribution in [0.5, 0.6) is 0 Å². The number of imidazole rings is 1. The summed E-state index contributed by atoms with van der Waals surface area (Å²) in [6, 6.07) is 5.88. The maximum atomic E-state index is 12.9. The van der Waals surface area contributed by atoms with Crippen LogP contribution < -0.4 is 27.0 Å². The molecule has 0 radical (unpaired) electrons. The fourth-order valence-corrected chi connectivity index (χ4v) is 5.59. The lowest BCUT2D eigenvalue weighted by Crippen LogP contribution is -2.68. The summed E-state index contributed by atoms with van der Waals surface area (Å²) in [4.78, 5) is 27.4. The highest BCUT2D eigenvalue weighted by Gasteiger charge is 2.34. The van der Waals surface area contributed by atoms with Gasteiger partial charge in [0.1, 0.15) is 11.9 Å². The number of piperidine rings is 1. The number of aromatic nitrogens is 2. The Morgan fingerprint density at radius 2 is 1.98 bits per heavy atom. The van der Waals surface area contributed by atoms with Crippen molar-refractivity contribution in [1.82, 2.24) is 30.0 Å². The fraction of sp³-hybridized carbons (Fsp3) is 0.714. The number of anilines is 1. The average Bonchev–Trinajstić information content (AvgIpc) is 3.10. The number of amides is 1. The van der Waals surface area contributed by atoms with Gasteiger partial charge in [-0.15, -0.1) is 11.6 Å². The molecule has 0 spiro atoms. The predicted octanol–water partition coefficient (Wildman–Crippen LogP) is 2.56. The first-order chi connectivity index (χ1) is 18.7. The van der Waals surface area contributed by atoms with Crippen molar-refractivity contribution in [3.05, 3.63) is 28.7 Å². The molecule has 4 rings (SSSR count). The van der Waals surface area contributed by atoms with E-state index in [1.54, 1.807) is 30.0 Å². The molecule has 40 heavy (non-hydrogen) atoms. The summed E-state index contributed by atoms with van der Waals surface area (Å²) < 4.78 is 8.73. The minimum Gasteiger partial charge on any atom is -0.444 e. The van der Waals surface area contributed by atoms with Crippen molar-refractivity contribution in [2.75, 3.05) is 31.5 Å². The molecule has 1 amide bonds. The number of carbonyl (C=O) groups excluding carboxylic acids is 1. The molecule has 5 N–H and O–H groups in total. The van der Waals surface area contributed by atoms with Gasteiger partial charge in [-0.2, -0.15) is 0 Å². The third-order valence-electron chi connectivity index (χ3n) is 7.47. The number of benzene rings is 1. The summed E-state index contributed by atoms with van der Waals surface area (Å²) in [6.45, 7) is 12.5. The van der Waals surface area contributed by atoms with Crippen LogP contribution in [0.25, 0.3) is 11.0 Å². The summed E-state index contributed by atoms with van der Waals surface area (Å²) in [6.07, 6.45) is 1.90. The fourth-order valence-electron chi connectivity index (χ4n) is 5.36. The number of hydrogen-bond donors (Lipinski definition) is 5. The first-order valence-corrected chi connectivity index (χ1v) is 14.7. The van der Waals surface area contributed by atoms with Gasteiger partial charge in [0.05, 0.1) is 28.2 Å². The Bertz CT molecular complexity index is 1230. The van der Waals surface area contributed by atoms with Gasteiger partial charge >= 0.3 is 11.8 Å². The number of hydrogen-bond acceptors (Lipinski definition) is 8. The summed E-state index contributed by atoms with van der Waals surface area (Å²) in [5.41, 5.74) is 1.03. The Morgan fingerprint density at radius 3 is 2.67 bits per heavy atom. The predicted molar refractivity (Wildman–Crippen MR) is 159 cm³/mol. The molecule has 1 aromatic heterocycles. The summed E-state index contributed by atoms with van der Waals surface area (Å²) in [5, 5.41) is 23.6. The van der Waals surface area contributed by atoms with Gasteiger partial charge in [-0.3, -0.25) is 24.7 Å². The van der Waals surface area contributed by atoms with Gasteiger partial charge in [0.25, 0.3) is 0 Å². The van der Waals surface area contributed by atoms with Gasteiger partial charge in [-0.05, 0) is 78.0 Å². The van der Waals surface area contributed by atoms with E-state index in [1.165, 1.54) is 0 Å². The molecule has 11 nitrogen and oxygen atoms in total. The van der Waals surface area contributed by atoms with E-state index in [0.717, 1.165) is 42.7 Å². The van der Waals surface area contributed by atoms with Gasteiger partial charge in [0, 0.05) is 45.5 Å². The summed E-state index contributed by atoms with van der Waals surface area (Å²) in [5.74, 6) is 0.325. The second-order valence-corrected chi connectivity index (χ2v) is 13.3. The highest BCUT2D eigenvalue weighted by Crippen LogP contribution is 2.23. The van der Waals surface area contributed by atoms with Crippen LogP contribution in [0.15, 0.2) is 23.0 Å². The number of aliphatic hydroxyl groups is 1. The Kier molecular flexibility index (Phi) is 9.41. The van der Waals surface area contributed by atoms with Gasteiger partial charge in [-0.1, -0.05) is 0 Å². The Morgan fingerprint density at radius 1 is 1.23 bits per heavy atom. The zero-order valence-corrected chi connectivity index (χ0v) is 25.3. The van der Waals surface area contributed by atoms with E-state index in [-0.39, 0.29) is 29.6 Å². The molecule has 224 valence electrons. The van der Waals surface area contributed by atoms with Crippen LogP contribution in [-0.4, -0.2) is 80.4 Å². The Hall–Kier alpha value is -2.31. The highest BCUT2D eigenvalue weighted by atomic mass is 35.5. The van der Waals surface area contributed by atoms with Crippen molar-refractivity contribution in [3.63, 3.8) is 0 Å².